The van der Waals surface area contributed by atoms with Gasteiger partial charge in [-0.05, 0) is 19.1 Å². The smallest absolute Gasteiger partial charge is 0.251 e. The van der Waals surface area contributed by atoms with Crippen molar-refractivity contribution >= 4 is 38.2 Å². The molecule has 3 N–H and O–H groups in total. The molecule has 0 unspecified atom stereocenters. The summed E-state index contributed by atoms with van der Waals surface area (Å²) in [4.78, 5) is 23.6. The Morgan fingerprint density at radius 3 is 2.68 bits per heavy atom. The van der Waals surface area contributed by atoms with Crippen molar-refractivity contribution in [3.05, 3.63) is 42.6 Å². The van der Waals surface area contributed by atoms with Crippen LogP contribution in [0.15, 0.2) is 41.0 Å². The van der Waals surface area contributed by atoms with Crippen molar-refractivity contribution in [2.45, 2.75) is 18.1 Å². The molecule has 0 aliphatic carbocycles. The zero-order chi connectivity index (χ0) is 20.1. The molecule has 0 saturated heterocycles. The summed E-state index contributed by atoms with van der Waals surface area (Å²) in [5, 5.41) is 5.77. The average molecular weight is 422 g/mol. The molecule has 3 rings (SSSR count). The third-order valence-electron chi connectivity index (χ3n) is 3.45. The Morgan fingerprint density at radius 2 is 1.96 bits per heavy atom. The predicted octanol–water partition coefficient (Wildman–Crippen LogP) is 1.38. The third-order valence-corrected chi connectivity index (χ3v) is 6.28. The lowest BCUT2D eigenvalue weighted by Crippen LogP contribution is -2.28. The van der Waals surface area contributed by atoms with Gasteiger partial charge in [-0.15, -0.1) is 0 Å². The van der Waals surface area contributed by atoms with Crippen LogP contribution in [0.1, 0.15) is 12.7 Å². The molecule has 3 heterocycles. The maximum absolute atomic E-state index is 12.3. The maximum Gasteiger partial charge on any atom is 0.251 e. The Kier molecular flexibility index (Phi) is 6.02. The minimum absolute atomic E-state index is 0.0315. The quantitative estimate of drug-likeness (QED) is 0.468. The highest BCUT2D eigenvalue weighted by Gasteiger charge is 2.17. The van der Waals surface area contributed by atoms with Crippen LogP contribution >= 0.6 is 11.3 Å². The number of rotatable bonds is 8. The second-order valence-corrected chi connectivity index (χ2v) is 8.76. The first-order valence-corrected chi connectivity index (χ1v) is 10.6. The van der Waals surface area contributed by atoms with E-state index in [1.54, 1.807) is 13.0 Å². The topological polar surface area (TPSA) is 131 Å². The molecular formula is C16H19N7O3S2. The molecular weight excluding hydrogens is 402 g/mol. The van der Waals surface area contributed by atoms with Crippen LogP contribution in [0.25, 0.3) is 5.82 Å². The number of carbonyl (C=O) groups is 1. The van der Waals surface area contributed by atoms with Crippen LogP contribution in [0, 0.1) is 6.92 Å². The number of nitrogens with zero attached hydrogens (tertiary/aromatic N) is 4. The Labute approximate surface area is 166 Å². The van der Waals surface area contributed by atoms with Crippen molar-refractivity contribution in [2.24, 2.45) is 0 Å². The van der Waals surface area contributed by atoms with Crippen molar-refractivity contribution in [1.29, 1.82) is 0 Å². The predicted molar refractivity (Wildman–Crippen MR) is 106 cm³/mol. The van der Waals surface area contributed by atoms with Crippen LogP contribution < -0.4 is 15.4 Å². The summed E-state index contributed by atoms with van der Waals surface area (Å²) < 4.78 is 29.0. The lowest BCUT2D eigenvalue weighted by Gasteiger charge is -2.10. The van der Waals surface area contributed by atoms with E-state index in [2.05, 4.69) is 30.3 Å². The van der Waals surface area contributed by atoms with Crippen LogP contribution in [0.5, 0.6) is 0 Å². The summed E-state index contributed by atoms with van der Waals surface area (Å²) in [6.07, 6.45) is 4.97. The first kappa shape index (κ1) is 19.9. The zero-order valence-electron chi connectivity index (χ0n) is 15.2. The first-order valence-electron chi connectivity index (χ1n) is 8.29. The van der Waals surface area contributed by atoms with Crippen LogP contribution in [-0.2, 0) is 14.8 Å². The number of amides is 1. The second-order valence-electron chi connectivity index (χ2n) is 5.74. The van der Waals surface area contributed by atoms with Crippen LogP contribution in [0.2, 0.25) is 0 Å². The highest BCUT2D eigenvalue weighted by atomic mass is 32.2. The van der Waals surface area contributed by atoms with E-state index in [0.29, 0.717) is 18.2 Å². The van der Waals surface area contributed by atoms with Crippen molar-refractivity contribution in [3.63, 3.8) is 0 Å². The van der Waals surface area contributed by atoms with Gasteiger partial charge >= 0.3 is 0 Å². The highest BCUT2D eigenvalue weighted by Crippen LogP contribution is 2.22. The number of thiazole rings is 1. The summed E-state index contributed by atoms with van der Waals surface area (Å²) >= 11 is 0.888. The van der Waals surface area contributed by atoms with E-state index >= 15 is 0 Å². The first-order chi connectivity index (χ1) is 13.3. The third kappa shape index (κ3) is 5.12. The molecule has 1 amide bonds. The fraction of sp³-hybridized carbons (Fsp3) is 0.250. The largest absolute Gasteiger partial charge is 0.369 e. The number of sulfonamides is 1. The van der Waals surface area contributed by atoms with Crippen molar-refractivity contribution in [1.82, 2.24) is 24.2 Å². The molecule has 0 saturated carbocycles. The van der Waals surface area contributed by atoms with Crippen molar-refractivity contribution in [2.75, 3.05) is 23.7 Å². The van der Waals surface area contributed by atoms with E-state index < -0.39 is 10.0 Å². The Bertz CT molecular complexity index is 1060. The number of anilines is 2. The zero-order valence-corrected chi connectivity index (χ0v) is 16.8. The number of nitrogens with one attached hydrogen (secondary N) is 3. The molecule has 0 radical (unpaired) electrons. The van der Waals surface area contributed by atoms with Crippen molar-refractivity contribution in [3.8, 4) is 5.82 Å². The van der Waals surface area contributed by atoms with Gasteiger partial charge in [-0.1, -0.05) is 11.3 Å². The van der Waals surface area contributed by atoms with Gasteiger partial charge < -0.3 is 15.2 Å². The molecule has 0 aliphatic rings. The minimum Gasteiger partial charge on any atom is -0.369 e. The monoisotopic (exact) mass is 421 g/mol. The Hall–Kier alpha value is -2.83. The van der Waals surface area contributed by atoms with E-state index in [9.17, 15) is 13.2 Å². The SMILES string of the molecule is CC(=O)Nc1ncc(S(=O)(=O)NCCNc2cc(-n3cccc3)nc(C)n2)s1. The van der Waals surface area contributed by atoms with Crippen LogP contribution in [0.4, 0.5) is 10.9 Å². The van der Waals surface area contributed by atoms with Gasteiger partial charge in [-0.3, -0.25) is 4.79 Å². The van der Waals surface area contributed by atoms with Crippen LogP contribution in [-0.4, -0.2) is 46.9 Å². The molecule has 3 aromatic rings. The Morgan fingerprint density at radius 1 is 1.21 bits per heavy atom. The Balaban J connectivity index is 1.57. The maximum atomic E-state index is 12.3. The molecule has 0 fully saturated rings. The molecule has 28 heavy (non-hydrogen) atoms. The van der Waals surface area contributed by atoms with Crippen LogP contribution in [0.3, 0.4) is 0 Å². The molecule has 0 atom stereocenters. The summed E-state index contributed by atoms with van der Waals surface area (Å²) in [6.45, 7) is 3.60. The van der Waals surface area contributed by atoms with Gasteiger partial charge in [0.25, 0.3) is 10.0 Å². The fourth-order valence-electron chi connectivity index (χ4n) is 2.30. The van der Waals surface area contributed by atoms with Gasteiger partial charge in [-0.25, -0.2) is 28.1 Å². The summed E-state index contributed by atoms with van der Waals surface area (Å²) in [5.41, 5.74) is 0. The number of aryl methyl sites for hydroxylation is 1. The van der Waals surface area contributed by atoms with E-state index in [-0.39, 0.29) is 21.8 Å². The van der Waals surface area contributed by atoms with Gasteiger partial charge in [0.15, 0.2) is 9.34 Å². The molecule has 12 heteroatoms. The average Bonchev–Trinajstić information content (AvgIpc) is 3.30. The lowest BCUT2D eigenvalue weighted by molar-refractivity contribution is -0.114. The highest BCUT2D eigenvalue weighted by molar-refractivity contribution is 7.91. The molecule has 10 nitrogen and oxygen atoms in total. The normalized spacial score (nSPS) is 11.4. The standard InChI is InChI=1S/C16H19N7O3S2/c1-11-20-13(9-14(21-11)23-7-3-4-8-23)17-5-6-19-28(25,26)15-10-18-16(27-15)22-12(2)24/h3-4,7-10,19H,5-6H2,1-2H3,(H,17,20,21)(H,18,22,24). The number of hydrogen-bond acceptors (Lipinski definition) is 8. The summed E-state index contributed by atoms with van der Waals surface area (Å²) in [6, 6.07) is 5.58. The number of aromatic nitrogens is 4. The molecule has 0 aromatic carbocycles. The van der Waals surface area contributed by atoms with E-state index in [0.717, 1.165) is 17.2 Å². The van der Waals surface area contributed by atoms with Crippen molar-refractivity contribution < 1.29 is 13.2 Å². The van der Waals surface area contributed by atoms with E-state index in [1.807, 2.05) is 29.1 Å². The summed E-state index contributed by atoms with van der Waals surface area (Å²) in [5.74, 6) is 1.61. The fourth-order valence-corrected chi connectivity index (χ4v) is 4.45. The van der Waals surface area contributed by atoms with Gasteiger partial charge in [0, 0.05) is 38.5 Å². The molecule has 148 valence electrons. The molecule has 0 spiro atoms. The lowest BCUT2D eigenvalue weighted by atomic mass is 10.4. The van der Waals surface area contributed by atoms with Gasteiger partial charge in [0.1, 0.15) is 17.5 Å². The van der Waals surface area contributed by atoms with E-state index in [1.165, 1.54) is 13.1 Å². The molecule has 3 aromatic heterocycles. The number of hydrogen-bond donors (Lipinski definition) is 3. The molecule has 0 bridgehead atoms. The second kappa shape index (κ2) is 8.46. The van der Waals surface area contributed by atoms with Gasteiger partial charge in [0.05, 0.1) is 6.20 Å². The summed E-state index contributed by atoms with van der Waals surface area (Å²) in [7, 11) is -3.70. The van der Waals surface area contributed by atoms with E-state index in [4.69, 9.17) is 0 Å². The van der Waals surface area contributed by atoms with Gasteiger partial charge in [-0.2, -0.15) is 0 Å². The minimum atomic E-state index is -3.70. The van der Waals surface area contributed by atoms with Gasteiger partial charge in [0.2, 0.25) is 5.91 Å². The molecule has 0 aliphatic heterocycles. The number of carbonyl (C=O) groups excluding carboxylic acids is 1.